The molecule has 0 radical (unpaired) electrons. The van der Waals surface area contributed by atoms with E-state index in [0.717, 1.165) is 11.3 Å². The Balaban J connectivity index is 1.83. The quantitative estimate of drug-likeness (QED) is 0.841. The van der Waals surface area contributed by atoms with Crippen molar-refractivity contribution in [2.75, 3.05) is 11.9 Å². The zero-order chi connectivity index (χ0) is 17.3. The molecule has 1 atom stereocenters. The standard InChI is InChI=1S/C15H14Cl2N2O3S2/c16-10-5-6-11(17)12(9-10)18-15(20)13-3-1-7-19(13)24(21,22)14-4-2-8-23-14/h2,4-6,8-9,13H,1,3,7H2,(H,18,20)/t13-/m1/s1. The Hall–Kier alpha value is -1.12. The number of nitrogens with one attached hydrogen (secondary N) is 1. The summed E-state index contributed by atoms with van der Waals surface area (Å²) in [6.07, 6.45) is 1.10. The summed E-state index contributed by atoms with van der Waals surface area (Å²) in [5, 5.41) is 5.16. The van der Waals surface area contributed by atoms with Gasteiger partial charge in [-0.1, -0.05) is 29.3 Å². The lowest BCUT2D eigenvalue weighted by molar-refractivity contribution is -0.119. The SMILES string of the molecule is O=C(Nc1cc(Cl)ccc1Cl)[C@H]1CCCN1S(=O)(=O)c1cccs1. The second-order valence-corrected chi connectivity index (χ2v) is 9.23. The van der Waals surface area contributed by atoms with Gasteiger partial charge in [-0.05, 0) is 42.5 Å². The number of hydrogen-bond acceptors (Lipinski definition) is 4. The van der Waals surface area contributed by atoms with Gasteiger partial charge in [0.05, 0.1) is 10.7 Å². The van der Waals surface area contributed by atoms with Crippen LogP contribution in [-0.2, 0) is 14.8 Å². The molecule has 2 heterocycles. The average molecular weight is 405 g/mol. The maximum absolute atomic E-state index is 12.7. The Kier molecular flexibility index (Phi) is 5.17. The van der Waals surface area contributed by atoms with Crippen molar-refractivity contribution >= 4 is 56.2 Å². The third kappa shape index (κ3) is 3.45. The van der Waals surface area contributed by atoms with E-state index in [9.17, 15) is 13.2 Å². The summed E-state index contributed by atoms with van der Waals surface area (Å²) in [5.41, 5.74) is 0.370. The van der Waals surface area contributed by atoms with Crippen molar-refractivity contribution in [3.05, 3.63) is 45.8 Å². The average Bonchev–Trinajstić information content (AvgIpc) is 3.21. The molecule has 1 aliphatic rings. The number of rotatable bonds is 4. The Morgan fingerprint density at radius 3 is 2.79 bits per heavy atom. The lowest BCUT2D eigenvalue weighted by atomic mass is 10.2. The number of carbonyl (C=O) groups excluding carboxylic acids is 1. The van der Waals surface area contributed by atoms with Gasteiger partial charge in [-0.15, -0.1) is 11.3 Å². The van der Waals surface area contributed by atoms with Crippen LogP contribution < -0.4 is 5.32 Å². The molecule has 3 rings (SSSR count). The van der Waals surface area contributed by atoms with Crippen molar-refractivity contribution in [1.29, 1.82) is 0 Å². The van der Waals surface area contributed by atoms with E-state index in [1.54, 1.807) is 29.6 Å². The van der Waals surface area contributed by atoms with Gasteiger partial charge in [0, 0.05) is 11.6 Å². The molecule has 1 aromatic carbocycles. The van der Waals surface area contributed by atoms with Crippen molar-refractivity contribution in [2.24, 2.45) is 0 Å². The first-order chi connectivity index (χ1) is 11.4. The van der Waals surface area contributed by atoms with Crippen molar-refractivity contribution in [3.63, 3.8) is 0 Å². The number of anilines is 1. The minimum absolute atomic E-state index is 0.239. The predicted molar refractivity (Wildman–Crippen MR) is 96.3 cm³/mol. The zero-order valence-electron chi connectivity index (χ0n) is 12.4. The molecular weight excluding hydrogens is 391 g/mol. The molecular formula is C15H14Cl2N2O3S2. The fourth-order valence-electron chi connectivity index (χ4n) is 2.63. The lowest BCUT2D eigenvalue weighted by Crippen LogP contribution is -2.42. The molecule has 0 spiro atoms. The van der Waals surface area contributed by atoms with E-state index in [-0.39, 0.29) is 4.21 Å². The highest BCUT2D eigenvalue weighted by Gasteiger charge is 2.40. The molecule has 1 N–H and O–H groups in total. The van der Waals surface area contributed by atoms with E-state index in [4.69, 9.17) is 23.2 Å². The van der Waals surface area contributed by atoms with E-state index in [1.807, 2.05) is 0 Å². The van der Waals surface area contributed by atoms with Crippen molar-refractivity contribution in [3.8, 4) is 0 Å². The normalized spacial score (nSPS) is 18.7. The molecule has 0 bridgehead atoms. The van der Waals surface area contributed by atoms with Gasteiger partial charge in [-0.25, -0.2) is 8.42 Å². The van der Waals surface area contributed by atoms with Crippen LogP contribution >= 0.6 is 34.5 Å². The van der Waals surface area contributed by atoms with Crippen LogP contribution in [0.1, 0.15) is 12.8 Å². The van der Waals surface area contributed by atoms with Crippen LogP contribution in [0.25, 0.3) is 0 Å². The van der Waals surface area contributed by atoms with E-state index in [2.05, 4.69) is 5.32 Å². The summed E-state index contributed by atoms with van der Waals surface area (Å²) in [4.78, 5) is 12.6. The topological polar surface area (TPSA) is 66.5 Å². The molecule has 1 aromatic heterocycles. The Labute approximate surface area is 154 Å². The number of amides is 1. The fraction of sp³-hybridized carbons (Fsp3) is 0.267. The first-order valence-electron chi connectivity index (χ1n) is 7.21. The van der Waals surface area contributed by atoms with Gasteiger partial charge < -0.3 is 5.32 Å². The first-order valence-corrected chi connectivity index (χ1v) is 10.3. The predicted octanol–water partition coefficient (Wildman–Crippen LogP) is 3.85. The summed E-state index contributed by atoms with van der Waals surface area (Å²) in [6.45, 7) is 0.321. The number of thiophene rings is 1. The molecule has 9 heteroatoms. The maximum Gasteiger partial charge on any atom is 0.253 e. The minimum atomic E-state index is -3.67. The van der Waals surface area contributed by atoms with Crippen LogP contribution in [0.15, 0.2) is 39.9 Å². The Morgan fingerprint density at radius 1 is 1.29 bits per heavy atom. The molecule has 128 valence electrons. The molecule has 1 saturated heterocycles. The molecule has 0 aliphatic carbocycles. The number of sulfonamides is 1. The van der Waals surface area contributed by atoms with Crippen LogP contribution in [0.2, 0.25) is 10.0 Å². The number of hydrogen-bond donors (Lipinski definition) is 1. The van der Waals surface area contributed by atoms with Gasteiger partial charge in [0.25, 0.3) is 10.0 Å². The van der Waals surface area contributed by atoms with Crippen LogP contribution in [0, 0.1) is 0 Å². The van der Waals surface area contributed by atoms with Crippen LogP contribution in [0.4, 0.5) is 5.69 Å². The lowest BCUT2D eigenvalue weighted by Gasteiger charge is -2.22. The van der Waals surface area contributed by atoms with Gasteiger partial charge in [0.1, 0.15) is 10.3 Å². The first kappa shape index (κ1) is 17.7. The van der Waals surface area contributed by atoms with Crippen molar-refractivity contribution in [1.82, 2.24) is 4.31 Å². The van der Waals surface area contributed by atoms with E-state index < -0.39 is 22.0 Å². The second-order valence-electron chi connectivity index (χ2n) is 5.32. The Bertz CT molecular complexity index is 854. The number of nitrogens with zero attached hydrogens (tertiary/aromatic N) is 1. The third-order valence-electron chi connectivity index (χ3n) is 3.75. The molecule has 0 unspecified atom stereocenters. The number of benzene rings is 1. The summed E-state index contributed by atoms with van der Waals surface area (Å²) < 4.78 is 26.9. The van der Waals surface area contributed by atoms with Crippen molar-refractivity contribution in [2.45, 2.75) is 23.1 Å². The third-order valence-corrected chi connectivity index (χ3v) is 7.60. The van der Waals surface area contributed by atoms with E-state index in [1.165, 1.54) is 10.4 Å². The molecule has 1 fully saturated rings. The Morgan fingerprint density at radius 2 is 2.08 bits per heavy atom. The fourth-order valence-corrected chi connectivity index (χ4v) is 5.74. The summed E-state index contributed by atoms with van der Waals surface area (Å²) in [6, 6.07) is 7.19. The molecule has 24 heavy (non-hydrogen) atoms. The highest BCUT2D eigenvalue weighted by atomic mass is 35.5. The maximum atomic E-state index is 12.7. The van der Waals surface area contributed by atoms with Gasteiger partial charge >= 0.3 is 0 Å². The minimum Gasteiger partial charge on any atom is -0.323 e. The highest BCUT2D eigenvalue weighted by Crippen LogP contribution is 2.30. The second kappa shape index (κ2) is 7.01. The molecule has 1 amide bonds. The number of halogens is 2. The van der Waals surface area contributed by atoms with E-state index >= 15 is 0 Å². The summed E-state index contributed by atoms with van der Waals surface area (Å²) in [5.74, 6) is -0.406. The molecule has 0 saturated carbocycles. The van der Waals surface area contributed by atoms with Gasteiger partial charge in [0.2, 0.25) is 5.91 Å². The molecule has 2 aromatic rings. The number of carbonyl (C=O) groups is 1. The highest BCUT2D eigenvalue weighted by molar-refractivity contribution is 7.91. The molecule has 5 nitrogen and oxygen atoms in total. The van der Waals surface area contributed by atoms with Gasteiger partial charge in [0.15, 0.2) is 0 Å². The molecule has 1 aliphatic heterocycles. The monoisotopic (exact) mass is 404 g/mol. The summed E-state index contributed by atoms with van der Waals surface area (Å²) in [7, 11) is -3.67. The van der Waals surface area contributed by atoms with Crippen LogP contribution in [0.5, 0.6) is 0 Å². The smallest absolute Gasteiger partial charge is 0.253 e. The van der Waals surface area contributed by atoms with Crippen LogP contribution in [-0.4, -0.2) is 31.2 Å². The summed E-state index contributed by atoms with van der Waals surface area (Å²) >= 11 is 13.1. The van der Waals surface area contributed by atoms with Gasteiger partial charge in [-0.2, -0.15) is 4.31 Å². The zero-order valence-corrected chi connectivity index (χ0v) is 15.6. The van der Waals surface area contributed by atoms with Crippen LogP contribution in [0.3, 0.4) is 0 Å². The van der Waals surface area contributed by atoms with Crippen molar-refractivity contribution < 1.29 is 13.2 Å². The van der Waals surface area contributed by atoms with Gasteiger partial charge in [-0.3, -0.25) is 4.79 Å². The largest absolute Gasteiger partial charge is 0.323 e. The van der Waals surface area contributed by atoms with E-state index in [0.29, 0.717) is 35.1 Å².